The lowest BCUT2D eigenvalue weighted by Gasteiger charge is -2.16. The standard InChI is InChI=1S/C19H21ClN2O2/c1-13(17-5-3-4-6-18(17)20)22-19(24)16-9-7-15(8-10-16)11-12-21-14(2)23/h3-10,13H,11-12H2,1-2H3,(H,21,23)(H,22,24)/t13-/m1/s1. The summed E-state index contributed by atoms with van der Waals surface area (Å²) < 4.78 is 0. The molecule has 0 heterocycles. The van der Waals surface area contributed by atoms with E-state index in [0.717, 1.165) is 17.5 Å². The molecule has 0 radical (unpaired) electrons. The van der Waals surface area contributed by atoms with Gasteiger partial charge in [0.1, 0.15) is 0 Å². The first-order chi connectivity index (χ1) is 11.5. The van der Waals surface area contributed by atoms with E-state index in [1.807, 2.05) is 43.3 Å². The van der Waals surface area contributed by atoms with Gasteiger partial charge in [0.05, 0.1) is 6.04 Å². The third-order valence-corrected chi connectivity index (χ3v) is 4.07. The highest BCUT2D eigenvalue weighted by Crippen LogP contribution is 2.22. The molecule has 1 atom stereocenters. The molecule has 0 saturated carbocycles. The Morgan fingerprint density at radius 2 is 1.75 bits per heavy atom. The van der Waals surface area contributed by atoms with Crippen molar-refractivity contribution < 1.29 is 9.59 Å². The third kappa shape index (κ3) is 5.10. The molecule has 4 nitrogen and oxygen atoms in total. The molecule has 0 aliphatic heterocycles. The zero-order valence-electron chi connectivity index (χ0n) is 13.8. The predicted molar refractivity (Wildman–Crippen MR) is 96.2 cm³/mol. The quantitative estimate of drug-likeness (QED) is 0.842. The van der Waals surface area contributed by atoms with Crippen molar-refractivity contribution >= 4 is 23.4 Å². The maximum Gasteiger partial charge on any atom is 0.251 e. The normalized spacial score (nSPS) is 11.6. The first-order valence-electron chi connectivity index (χ1n) is 7.86. The molecule has 0 aliphatic rings. The molecule has 2 aromatic carbocycles. The van der Waals surface area contributed by atoms with E-state index in [4.69, 9.17) is 11.6 Å². The number of carbonyl (C=O) groups excluding carboxylic acids is 2. The second kappa shape index (κ2) is 8.50. The van der Waals surface area contributed by atoms with Crippen LogP contribution in [0.2, 0.25) is 5.02 Å². The average Bonchev–Trinajstić information content (AvgIpc) is 2.55. The molecule has 2 rings (SSSR count). The molecule has 2 N–H and O–H groups in total. The van der Waals surface area contributed by atoms with Gasteiger partial charge in [0.25, 0.3) is 5.91 Å². The Hall–Kier alpha value is -2.33. The van der Waals surface area contributed by atoms with Gasteiger partial charge in [-0.15, -0.1) is 0 Å². The van der Waals surface area contributed by atoms with Crippen molar-refractivity contribution in [3.05, 3.63) is 70.2 Å². The van der Waals surface area contributed by atoms with Crippen molar-refractivity contribution in [2.75, 3.05) is 6.54 Å². The minimum absolute atomic E-state index is 0.0421. The van der Waals surface area contributed by atoms with Crippen molar-refractivity contribution in [3.63, 3.8) is 0 Å². The molecular formula is C19H21ClN2O2. The molecular weight excluding hydrogens is 324 g/mol. The zero-order valence-corrected chi connectivity index (χ0v) is 14.6. The van der Waals surface area contributed by atoms with Gasteiger partial charge in [-0.25, -0.2) is 0 Å². The molecule has 0 spiro atoms. The summed E-state index contributed by atoms with van der Waals surface area (Å²) in [5, 5.41) is 6.34. The van der Waals surface area contributed by atoms with Crippen LogP contribution in [0.4, 0.5) is 0 Å². The van der Waals surface area contributed by atoms with Gasteiger partial charge in [-0.1, -0.05) is 41.9 Å². The number of nitrogens with one attached hydrogen (secondary N) is 2. The SMILES string of the molecule is CC(=O)NCCc1ccc(C(=O)N[C@H](C)c2ccccc2Cl)cc1. The summed E-state index contributed by atoms with van der Waals surface area (Å²) in [4.78, 5) is 23.2. The molecule has 126 valence electrons. The first kappa shape index (κ1) is 18.0. The van der Waals surface area contributed by atoms with Crippen molar-refractivity contribution in [1.29, 1.82) is 0 Å². The van der Waals surface area contributed by atoms with E-state index < -0.39 is 0 Å². The van der Waals surface area contributed by atoms with E-state index in [0.29, 0.717) is 17.1 Å². The van der Waals surface area contributed by atoms with Gasteiger partial charge in [0.2, 0.25) is 5.91 Å². The smallest absolute Gasteiger partial charge is 0.251 e. The number of hydrogen-bond acceptors (Lipinski definition) is 2. The van der Waals surface area contributed by atoms with Gasteiger partial charge in [-0.2, -0.15) is 0 Å². The highest BCUT2D eigenvalue weighted by atomic mass is 35.5. The van der Waals surface area contributed by atoms with E-state index in [2.05, 4.69) is 10.6 Å². The van der Waals surface area contributed by atoms with Gasteiger partial charge in [0, 0.05) is 24.1 Å². The lowest BCUT2D eigenvalue weighted by molar-refractivity contribution is -0.118. The highest BCUT2D eigenvalue weighted by Gasteiger charge is 2.13. The van der Waals surface area contributed by atoms with Crippen molar-refractivity contribution in [1.82, 2.24) is 10.6 Å². The Labute approximate surface area is 147 Å². The summed E-state index contributed by atoms with van der Waals surface area (Å²) in [7, 11) is 0. The lowest BCUT2D eigenvalue weighted by Crippen LogP contribution is -2.26. The molecule has 0 aromatic heterocycles. The van der Waals surface area contributed by atoms with E-state index in [1.54, 1.807) is 12.1 Å². The largest absolute Gasteiger partial charge is 0.356 e. The molecule has 0 bridgehead atoms. The van der Waals surface area contributed by atoms with Crippen LogP contribution < -0.4 is 10.6 Å². The van der Waals surface area contributed by atoms with Crippen LogP contribution in [0, 0.1) is 0 Å². The minimum Gasteiger partial charge on any atom is -0.356 e. The Morgan fingerprint density at radius 3 is 2.38 bits per heavy atom. The van der Waals surface area contributed by atoms with Crippen LogP contribution in [-0.2, 0) is 11.2 Å². The fourth-order valence-electron chi connectivity index (χ4n) is 2.39. The van der Waals surface area contributed by atoms with Crippen molar-refractivity contribution in [2.45, 2.75) is 26.3 Å². The second-order valence-electron chi connectivity index (χ2n) is 5.65. The number of hydrogen-bond donors (Lipinski definition) is 2. The number of halogens is 1. The molecule has 2 aromatic rings. The van der Waals surface area contributed by atoms with E-state index in [1.165, 1.54) is 6.92 Å². The summed E-state index contributed by atoms with van der Waals surface area (Å²) in [6.45, 7) is 3.99. The van der Waals surface area contributed by atoms with Gasteiger partial charge >= 0.3 is 0 Å². The summed E-state index contributed by atoms with van der Waals surface area (Å²) in [6.07, 6.45) is 0.734. The topological polar surface area (TPSA) is 58.2 Å². The number of rotatable bonds is 6. The van der Waals surface area contributed by atoms with Gasteiger partial charge in [-0.05, 0) is 42.7 Å². The van der Waals surface area contributed by atoms with E-state index >= 15 is 0 Å². The second-order valence-corrected chi connectivity index (χ2v) is 6.05. The highest BCUT2D eigenvalue weighted by molar-refractivity contribution is 6.31. The Balaban J connectivity index is 1.95. The van der Waals surface area contributed by atoms with Gasteiger partial charge in [-0.3, -0.25) is 9.59 Å². The zero-order chi connectivity index (χ0) is 17.5. The van der Waals surface area contributed by atoms with Crippen LogP contribution in [0.3, 0.4) is 0 Å². The summed E-state index contributed by atoms with van der Waals surface area (Å²) >= 11 is 6.16. The molecule has 5 heteroatoms. The van der Waals surface area contributed by atoms with E-state index in [-0.39, 0.29) is 17.9 Å². The first-order valence-corrected chi connectivity index (χ1v) is 8.24. The molecule has 0 aliphatic carbocycles. The molecule has 0 saturated heterocycles. The minimum atomic E-state index is -0.175. The summed E-state index contributed by atoms with van der Waals surface area (Å²) in [6, 6.07) is 14.7. The maximum absolute atomic E-state index is 12.3. The van der Waals surface area contributed by atoms with Gasteiger partial charge in [0.15, 0.2) is 0 Å². The molecule has 2 amide bonds. The molecule has 0 fully saturated rings. The fraction of sp³-hybridized carbons (Fsp3) is 0.263. The lowest BCUT2D eigenvalue weighted by atomic mass is 10.1. The van der Waals surface area contributed by atoms with Crippen LogP contribution in [-0.4, -0.2) is 18.4 Å². The maximum atomic E-state index is 12.3. The van der Waals surface area contributed by atoms with Crippen molar-refractivity contribution in [3.8, 4) is 0 Å². The number of carbonyl (C=O) groups is 2. The van der Waals surface area contributed by atoms with Crippen LogP contribution in [0.5, 0.6) is 0 Å². The van der Waals surface area contributed by atoms with Crippen LogP contribution >= 0.6 is 11.6 Å². The number of amides is 2. The van der Waals surface area contributed by atoms with Crippen molar-refractivity contribution in [2.24, 2.45) is 0 Å². The Bertz CT molecular complexity index is 714. The third-order valence-electron chi connectivity index (χ3n) is 3.72. The summed E-state index contributed by atoms with van der Waals surface area (Å²) in [5.74, 6) is -0.185. The average molecular weight is 345 g/mol. The van der Waals surface area contributed by atoms with Crippen LogP contribution in [0.1, 0.15) is 41.4 Å². The van der Waals surface area contributed by atoms with Crippen LogP contribution in [0.15, 0.2) is 48.5 Å². The Morgan fingerprint density at radius 1 is 1.08 bits per heavy atom. The Kier molecular flexibility index (Phi) is 6.38. The predicted octanol–water partition coefficient (Wildman–Crippen LogP) is 3.51. The van der Waals surface area contributed by atoms with Gasteiger partial charge < -0.3 is 10.6 Å². The molecule has 0 unspecified atom stereocenters. The molecule has 24 heavy (non-hydrogen) atoms. The van der Waals surface area contributed by atoms with E-state index in [9.17, 15) is 9.59 Å². The summed E-state index contributed by atoms with van der Waals surface area (Å²) in [5.41, 5.74) is 2.55. The monoisotopic (exact) mass is 344 g/mol. The fourth-order valence-corrected chi connectivity index (χ4v) is 2.69. The van der Waals surface area contributed by atoms with Crippen LogP contribution in [0.25, 0.3) is 0 Å². The number of benzene rings is 2.